The molecule has 0 unspecified atom stereocenters. The van der Waals surface area contributed by atoms with Crippen LogP contribution < -0.4 is 4.90 Å². The maximum absolute atomic E-state index is 12.0. The van der Waals surface area contributed by atoms with Crippen molar-refractivity contribution in [3.8, 4) is 5.75 Å². The minimum atomic E-state index is -0.231. The van der Waals surface area contributed by atoms with E-state index in [2.05, 4.69) is 0 Å². The lowest BCUT2D eigenvalue weighted by Gasteiger charge is -2.38. The molecule has 0 bridgehead atoms. The molecule has 5 nitrogen and oxygen atoms in total. The van der Waals surface area contributed by atoms with Gasteiger partial charge in [-0.05, 0) is 31.3 Å². The van der Waals surface area contributed by atoms with Crippen molar-refractivity contribution in [2.24, 2.45) is 0 Å². The number of rotatable bonds is 2. The van der Waals surface area contributed by atoms with Gasteiger partial charge in [-0.15, -0.1) is 0 Å². The molecule has 1 saturated heterocycles. The summed E-state index contributed by atoms with van der Waals surface area (Å²) in [4.78, 5) is 15.5. The van der Waals surface area contributed by atoms with Gasteiger partial charge in [0.25, 0.3) is 0 Å². The summed E-state index contributed by atoms with van der Waals surface area (Å²) in [6.45, 7) is 0.914. The zero-order valence-corrected chi connectivity index (χ0v) is 9.71. The number of aromatic hydroxyl groups is 1. The molecule has 0 saturated carbocycles. The molecule has 0 aromatic heterocycles. The molecule has 1 aliphatic rings. The Bertz CT molecular complexity index is 405. The molecule has 17 heavy (non-hydrogen) atoms. The lowest BCUT2D eigenvalue weighted by Crippen LogP contribution is -2.57. The van der Waals surface area contributed by atoms with Crippen LogP contribution in [0.4, 0.5) is 5.69 Å². The smallest absolute Gasteiger partial charge is 0.241 e. The molecular formula is C12H16N2O3. The fourth-order valence-corrected chi connectivity index (χ4v) is 2.12. The summed E-state index contributed by atoms with van der Waals surface area (Å²) in [5.41, 5.74) is 0.708. The van der Waals surface area contributed by atoms with Crippen LogP contribution in [0.15, 0.2) is 24.3 Å². The van der Waals surface area contributed by atoms with E-state index in [0.717, 1.165) is 0 Å². The first-order chi connectivity index (χ1) is 8.11. The number of hydrogen-bond acceptors (Lipinski definition) is 4. The first kappa shape index (κ1) is 11.9. The first-order valence-corrected chi connectivity index (χ1v) is 5.52. The van der Waals surface area contributed by atoms with Crippen LogP contribution in [0.1, 0.15) is 0 Å². The van der Waals surface area contributed by atoms with Gasteiger partial charge in [-0.1, -0.05) is 0 Å². The average molecular weight is 236 g/mol. The SMILES string of the molecule is CN1CC(=O)N(c2ccc(O)cc2)[C@@H](CO)C1. The minimum Gasteiger partial charge on any atom is -0.508 e. The molecule has 2 rings (SSSR count). The molecule has 1 amide bonds. The predicted octanol–water partition coefficient (Wildman–Crippen LogP) is 0.0315. The van der Waals surface area contributed by atoms with E-state index in [1.165, 1.54) is 12.1 Å². The highest BCUT2D eigenvalue weighted by molar-refractivity contribution is 5.96. The molecule has 0 spiro atoms. The third-order valence-corrected chi connectivity index (χ3v) is 2.90. The maximum Gasteiger partial charge on any atom is 0.241 e. The van der Waals surface area contributed by atoms with E-state index < -0.39 is 0 Å². The Balaban J connectivity index is 2.28. The average Bonchev–Trinajstić information content (AvgIpc) is 2.30. The molecule has 1 aromatic carbocycles. The van der Waals surface area contributed by atoms with Crippen LogP contribution in [0.5, 0.6) is 5.75 Å². The Morgan fingerprint density at radius 2 is 2.00 bits per heavy atom. The largest absolute Gasteiger partial charge is 0.508 e. The molecule has 1 fully saturated rings. The van der Waals surface area contributed by atoms with Crippen LogP contribution in [0.25, 0.3) is 0 Å². The van der Waals surface area contributed by atoms with Gasteiger partial charge in [0, 0.05) is 12.2 Å². The second-order valence-electron chi connectivity index (χ2n) is 4.31. The maximum atomic E-state index is 12.0. The lowest BCUT2D eigenvalue weighted by molar-refractivity contribution is -0.122. The lowest BCUT2D eigenvalue weighted by atomic mass is 10.1. The molecule has 1 atom stereocenters. The van der Waals surface area contributed by atoms with E-state index in [0.29, 0.717) is 18.8 Å². The van der Waals surface area contributed by atoms with Gasteiger partial charge in [0.05, 0.1) is 19.2 Å². The van der Waals surface area contributed by atoms with Gasteiger partial charge in [-0.2, -0.15) is 0 Å². The summed E-state index contributed by atoms with van der Waals surface area (Å²) in [6.07, 6.45) is 0. The van der Waals surface area contributed by atoms with Gasteiger partial charge in [-0.3, -0.25) is 9.69 Å². The Morgan fingerprint density at radius 1 is 1.35 bits per heavy atom. The van der Waals surface area contributed by atoms with Gasteiger partial charge in [0.15, 0.2) is 0 Å². The summed E-state index contributed by atoms with van der Waals surface area (Å²) in [5, 5.41) is 18.6. The van der Waals surface area contributed by atoms with Crippen molar-refractivity contribution in [2.75, 3.05) is 31.6 Å². The third-order valence-electron chi connectivity index (χ3n) is 2.90. The van der Waals surface area contributed by atoms with Crippen molar-refractivity contribution in [1.29, 1.82) is 0 Å². The number of benzene rings is 1. The third kappa shape index (κ3) is 2.40. The van der Waals surface area contributed by atoms with Gasteiger partial charge >= 0.3 is 0 Å². The number of anilines is 1. The molecule has 5 heteroatoms. The predicted molar refractivity (Wildman–Crippen MR) is 64.0 cm³/mol. The van der Waals surface area contributed by atoms with Crippen molar-refractivity contribution in [3.05, 3.63) is 24.3 Å². The summed E-state index contributed by atoms with van der Waals surface area (Å²) in [5.74, 6) is 0.124. The van der Waals surface area contributed by atoms with Gasteiger partial charge < -0.3 is 15.1 Å². The van der Waals surface area contributed by atoms with Crippen molar-refractivity contribution in [3.63, 3.8) is 0 Å². The zero-order valence-electron chi connectivity index (χ0n) is 9.71. The van der Waals surface area contributed by atoms with Crippen LogP contribution in [0.2, 0.25) is 0 Å². The molecule has 1 aromatic rings. The quantitative estimate of drug-likeness (QED) is 0.760. The van der Waals surface area contributed by atoms with Crippen LogP contribution in [0, 0.1) is 0 Å². The van der Waals surface area contributed by atoms with Crippen LogP contribution in [0.3, 0.4) is 0 Å². The number of amides is 1. The van der Waals surface area contributed by atoms with Gasteiger partial charge in [0.2, 0.25) is 5.91 Å². The Morgan fingerprint density at radius 3 is 2.59 bits per heavy atom. The number of phenols is 1. The number of likely N-dealkylation sites (N-methyl/N-ethyl adjacent to an activating group) is 1. The Labute approximate surface area is 99.9 Å². The number of phenolic OH excluding ortho intramolecular Hbond substituents is 1. The van der Waals surface area contributed by atoms with E-state index in [9.17, 15) is 15.0 Å². The number of piperazine rings is 1. The molecule has 1 heterocycles. The fourth-order valence-electron chi connectivity index (χ4n) is 2.12. The zero-order chi connectivity index (χ0) is 12.4. The summed E-state index contributed by atoms with van der Waals surface area (Å²) >= 11 is 0. The molecule has 1 aliphatic heterocycles. The fraction of sp³-hybridized carbons (Fsp3) is 0.417. The topological polar surface area (TPSA) is 64.0 Å². The highest BCUT2D eigenvalue weighted by Crippen LogP contribution is 2.23. The second-order valence-corrected chi connectivity index (χ2v) is 4.31. The minimum absolute atomic E-state index is 0.0384. The first-order valence-electron chi connectivity index (χ1n) is 5.52. The molecular weight excluding hydrogens is 220 g/mol. The Kier molecular flexibility index (Phi) is 3.31. The molecule has 92 valence electrons. The van der Waals surface area contributed by atoms with E-state index in [-0.39, 0.29) is 24.3 Å². The number of hydrogen-bond donors (Lipinski definition) is 2. The number of aliphatic hydroxyl groups is 1. The summed E-state index contributed by atoms with van der Waals surface area (Å²) < 4.78 is 0. The van der Waals surface area contributed by atoms with E-state index in [1.54, 1.807) is 17.0 Å². The van der Waals surface area contributed by atoms with E-state index >= 15 is 0 Å². The normalized spacial score (nSPS) is 21.9. The van der Waals surface area contributed by atoms with Crippen LogP contribution in [-0.4, -0.2) is 53.8 Å². The Hall–Kier alpha value is -1.59. The van der Waals surface area contributed by atoms with Crippen molar-refractivity contribution >= 4 is 11.6 Å². The number of carbonyl (C=O) groups is 1. The molecule has 0 aliphatic carbocycles. The van der Waals surface area contributed by atoms with E-state index in [4.69, 9.17) is 0 Å². The highest BCUT2D eigenvalue weighted by atomic mass is 16.3. The van der Waals surface area contributed by atoms with Gasteiger partial charge in [-0.25, -0.2) is 0 Å². The van der Waals surface area contributed by atoms with Crippen LogP contribution in [-0.2, 0) is 4.79 Å². The summed E-state index contributed by atoms with van der Waals surface area (Å²) in [6, 6.07) is 6.21. The highest BCUT2D eigenvalue weighted by Gasteiger charge is 2.31. The van der Waals surface area contributed by atoms with Crippen molar-refractivity contribution in [1.82, 2.24) is 4.90 Å². The van der Waals surface area contributed by atoms with Crippen molar-refractivity contribution in [2.45, 2.75) is 6.04 Å². The molecule has 2 N–H and O–H groups in total. The van der Waals surface area contributed by atoms with Gasteiger partial charge in [0.1, 0.15) is 5.75 Å². The second kappa shape index (κ2) is 4.73. The van der Waals surface area contributed by atoms with Crippen LogP contribution >= 0.6 is 0 Å². The van der Waals surface area contributed by atoms with Crippen molar-refractivity contribution < 1.29 is 15.0 Å². The number of nitrogens with zero attached hydrogens (tertiary/aromatic N) is 2. The molecule has 0 radical (unpaired) electrons. The standard InChI is InChI=1S/C12H16N2O3/c1-13-6-10(8-15)14(12(17)7-13)9-2-4-11(16)5-3-9/h2-5,10,15-16H,6-8H2,1H3/t10-/m1/s1. The number of carbonyl (C=O) groups excluding carboxylic acids is 1. The summed E-state index contributed by atoms with van der Waals surface area (Å²) in [7, 11) is 1.86. The monoisotopic (exact) mass is 236 g/mol. The number of aliphatic hydroxyl groups excluding tert-OH is 1. The van der Waals surface area contributed by atoms with E-state index in [1.807, 2.05) is 11.9 Å².